The first kappa shape index (κ1) is 22.4. The number of sulfonamides is 1. The van der Waals surface area contributed by atoms with Crippen LogP contribution in [0.15, 0.2) is 65.8 Å². The highest BCUT2D eigenvalue weighted by Crippen LogP contribution is 2.18. The Labute approximate surface area is 181 Å². The number of aromatic nitrogens is 2. The van der Waals surface area contributed by atoms with Crippen molar-refractivity contribution in [3.63, 3.8) is 0 Å². The van der Waals surface area contributed by atoms with E-state index in [4.69, 9.17) is 9.84 Å². The zero-order chi connectivity index (χ0) is 22.1. The molecule has 3 rings (SSSR count). The van der Waals surface area contributed by atoms with Crippen molar-refractivity contribution in [1.82, 2.24) is 14.7 Å². The van der Waals surface area contributed by atoms with Gasteiger partial charge in [0.2, 0.25) is 16.0 Å². The van der Waals surface area contributed by atoms with E-state index in [1.54, 1.807) is 31.6 Å². The molecule has 0 saturated carbocycles. The van der Waals surface area contributed by atoms with Crippen LogP contribution in [0.4, 0.5) is 11.6 Å². The molecule has 0 saturated heterocycles. The third-order valence-electron chi connectivity index (χ3n) is 4.28. The Balaban J connectivity index is 1.61. The van der Waals surface area contributed by atoms with Crippen molar-refractivity contribution >= 4 is 33.8 Å². The molecule has 0 unspecified atom stereocenters. The minimum atomic E-state index is -3.60. The van der Waals surface area contributed by atoms with E-state index >= 15 is 0 Å². The van der Waals surface area contributed by atoms with Gasteiger partial charge in [-0.15, -0.1) is 0 Å². The molecule has 0 spiro atoms. The fourth-order valence-corrected chi connectivity index (χ4v) is 3.72. The molecule has 0 amide bonds. The molecule has 0 bridgehead atoms. The molecule has 0 radical (unpaired) electrons. The van der Waals surface area contributed by atoms with Crippen molar-refractivity contribution in [2.45, 2.75) is 11.3 Å². The molecule has 8 nitrogen and oxygen atoms in total. The Morgan fingerprint density at radius 1 is 1.03 bits per heavy atom. The summed E-state index contributed by atoms with van der Waals surface area (Å²) in [5.41, 5.74) is 2.50. The Hall–Kier alpha value is -3.27. The van der Waals surface area contributed by atoms with Crippen LogP contribution in [0.3, 0.4) is 0 Å². The van der Waals surface area contributed by atoms with Crippen LogP contribution in [-0.2, 0) is 10.0 Å². The van der Waals surface area contributed by atoms with Gasteiger partial charge in [-0.1, -0.05) is 24.3 Å². The maximum Gasteiger partial charge on any atom is 0.240 e. The summed E-state index contributed by atoms with van der Waals surface area (Å²) in [6, 6.07) is 14.0. The van der Waals surface area contributed by atoms with E-state index in [0.717, 1.165) is 16.9 Å². The van der Waals surface area contributed by atoms with Crippen LogP contribution in [0.2, 0.25) is 0 Å². The molecular weight excluding hydrogens is 416 g/mol. The van der Waals surface area contributed by atoms with Gasteiger partial charge in [-0.3, -0.25) is 0 Å². The second-order valence-electron chi connectivity index (χ2n) is 6.57. The SMILES string of the molecule is COc1cccc(/C=C/c2cnc(Nc3ccc(S(=O)(=O)NCCCO)cc3)nc2)c1. The van der Waals surface area contributed by atoms with Crippen LogP contribution < -0.4 is 14.8 Å². The number of nitrogens with zero attached hydrogens (tertiary/aromatic N) is 2. The van der Waals surface area contributed by atoms with Crippen molar-refractivity contribution in [3.05, 3.63) is 72.1 Å². The second-order valence-corrected chi connectivity index (χ2v) is 8.34. The summed E-state index contributed by atoms with van der Waals surface area (Å²) in [7, 11) is -1.97. The zero-order valence-electron chi connectivity index (χ0n) is 17.0. The molecule has 0 aliphatic heterocycles. The lowest BCUT2D eigenvalue weighted by Gasteiger charge is -2.08. The highest BCUT2D eigenvalue weighted by molar-refractivity contribution is 7.89. The number of aliphatic hydroxyl groups excluding tert-OH is 1. The van der Waals surface area contributed by atoms with Crippen molar-refractivity contribution in [1.29, 1.82) is 0 Å². The maximum absolute atomic E-state index is 12.2. The highest BCUT2D eigenvalue weighted by atomic mass is 32.2. The molecular formula is C22H24N4O4S. The van der Waals surface area contributed by atoms with Crippen molar-refractivity contribution in [2.24, 2.45) is 0 Å². The van der Waals surface area contributed by atoms with Crippen molar-refractivity contribution in [3.8, 4) is 5.75 Å². The topological polar surface area (TPSA) is 113 Å². The summed E-state index contributed by atoms with van der Waals surface area (Å²) in [6.07, 6.45) is 7.59. The van der Waals surface area contributed by atoms with Gasteiger partial charge in [-0.2, -0.15) is 0 Å². The van der Waals surface area contributed by atoms with Gasteiger partial charge < -0.3 is 15.2 Å². The van der Waals surface area contributed by atoms with E-state index in [-0.39, 0.29) is 18.0 Å². The molecule has 3 N–H and O–H groups in total. The van der Waals surface area contributed by atoms with E-state index in [0.29, 0.717) is 18.1 Å². The fraction of sp³-hybridized carbons (Fsp3) is 0.182. The molecule has 0 aliphatic rings. The first-order valence-corrected chi connectivity index (χ1v) is 11.1. The van der Waals surface area contributed by atoms with Crippen LogP contribution >= 0.6 is 0 Å². The third kappa shape index (κ3) is 6.61. The number of methoxy groups -OCH3 is 1. The van der Waals surface area contributed by atoms with Gasteiger partial charge in [-0.25, -0.2) is 23.1 Å². The number of hydrogen-bond donors (Lipinski definition) is 3. The number of hydrogen-bond acceptors (Lipinski definition) is 7. The molecule has 31 heavy (non-hydrogen) atoms. The molecule has 3 aromatic rings. The largest absolute Gasteiger partial charge is 0.497 e. The minimum absolute atomic E-state index is 0.0685. The average molecular weight is 441 g/mol. The predicted molar refractivity (Wildman–Crippen MR) is 121 cm³/mol. The van der Waals surface area contributed by atoms with Gasteiger partial charge in [0.05, 0.1) is 12.0 Å². The first-order chi connectivity index (χ1) is 15.0. The van der Waals surface area contributed by atoms with Crippen LogP contribution in [0.1, 0.15) is 17.5 Å². The number of benzene rings is 2. The molecule has 0 fully saturated rings. The minimum Gasteiger partial charge on any atom is -0.497 e. The predicted octanol–water partition coefficient (Wildman–Crippen LogP) is 3.06. The number of nitrogens with one attached hydrogen (secondary N) is 2. The number of rotatable bonds is 10. The highest BCUT2D eigenvalue weighted by Gasteiger charge is 2.12. The summed E-state index contributed by atoms with van der Waals surface area (Å²) in [6.45, 7) is 0.117. The van der Waals surface area contributed by atoms with Gasteiger partial charge in [0.1, 0.15) is 5.75 Å². The summed E-state index contributed by atoms with van der Waals surface area (Å²) in [5, 5.41) is 11.8. The summed E-state index contributed by atoms with van der Waals surface area (Å²) >= 11 is 0. The molecule has 0 aliphatic carbocycles. The summed E-state index contributed by atoms with van der Waals surface area (Å²) in [4.78, 5) is 8.73. The number of aliphatic hydroxyl groups is 1. The smallest absolute Gasteiger partial charge is 0.240 e. The Kier molecular flexibility index (Phi) is 7.71. The normalized spacial score (nSPS) is 11.5. The van der Waals surface area contributed by atoms with Crippen LogP contribution in [-0.4, -0.2) is 43.8 Å². The zero-order valence-corrected chi connectivity index (χ0v) is 17.8. The molecule has 1 heterocycles. The lowest BCUT2D eigenvalue weighted by molar-refractivity contribution is 0.289. The molecule has 9 heteroatoms. The van der Waals surface area contributed by atoms with Gasteiger partial charge in [0.25, 0.3) is 0 Å². The van der Waals surface area contributed by atoms with Crippen molar-refractivity contribution in [2.75, 3.05) is 25.6 Å². The quantitative estimate of drug-likeness (QED) is 0.415. The van der Waals surface area contributed by atoms with Crippen LogP contribution in [0.25, 0.3) is 12.2 Å². The Bertz CT molecular complexity index is 1120. The number of ether oxygens (including phenoxy) is 1. The van der Waals surface area contributed by atoms with Crippen molar-refractivity contribution < 1.29 is 18.3 Å². The third-order valence-corrected chi connectivity index (χ3v) is 5.76. The van der Waals surface area contributed by atoms with E-state index in [9.17, 15) is 8.42 Å². The van der Waals surface area contributed by atoms with Crippen LogP contribution in [0.5, 0.6) is 5.75 Å². The molecule has 162 valence electrons. The van der Waals surface area contributed by atoms with E-state index in [2.05, 4.69) is 20.0 Å². The van der Waals surface area contributed by atoms with Gasteiger partial charge in [0, 0.05) is 36.8 Å². The fourth-order valence-electron chi connectivity index (χ4n) is 2.64. The van der Waals surface area contributed by atoms with Gasteiger partial charge >= 0.3 is 0 Å². The monoisotopic (exact) mass is 440 g/mol. The van der Waals surface area contributed by atoms with E-state index in [1.807, 2.05) is 36.4 Å². The maximum atomic E-state index is 12.2. The van der Waals surface area contributed by atoms with Crippen LogP contribution in [0, 0.1) is 0 Å². The molecule has 1 aromatic heterocycles. The second kappa shape index (κ2) is 10.7. The first-order valence-electron chi connectivity index (χ1n) is 9.62. The van der Waals surface area contributed by atoms with E-state index in [1.165, 1.54) is 12.1 Å². The van der Waals surface area contributed by atoms with Gasteiger partial charge in [0.15, 0.2) is 0 Å². The number of anilines is 2. The Morgan fingerprint density at radius 3 is 2.42 bits per heavy atom. The lowest BCUT2D eigenvalue weighted by Crippen LogP contribution is -2.25. The van der Waals surface area contributed by atoms with Gasteiger partial charge in [-0.05, 0) is 48.4 Å². The van der Waals surface area contributed by atoms with E-state index < -0.39 is 10.0 Å². The molecule has 2 aromatic carbocycles. The lowest BCUT2D eigenvalue weighted by atomic mass is 10.2. The molecule has 0 atom stereocenters. The standard InChI is InChI=1S/C22H24N4O4S/c1-30-20-5-2-4-17(14-20)6-7-18-15-23-22(24-16-18)26-19-8-10-21(11-9-19)31(28,29)25-12-3-13-27/h2,4-11,14-16,25,27H,3,12-13H2,1H3,(H,23,24,26)/b7-6+. The summed E-state index contributed by atoms with van der Waals surface area (Å²) < 4.78 is 32.0. The summed E-state index contributed by atoms with van der Waals surface area (Å²) in [5.74, 6) is 1.19. The average Bonchev–Trinajstić information content (AvgIpc) is 2.79. The Morgan fingerprint density at radius 2 is 1.74 bits per heavy atom.